The minimum absolute atomic E-state index is 0.174. The Balaban J connectivity index is 2.41. The summed E-state index contributed by atoms with van der Waals surface area (Å²) in [6.07, 6.45) is 0.724. The largest absolute Gasteiger partial charge is 0.491 e. The molecule has 0 radical (unpaired) electrons. The predicted octanol–water partition coefficient (Wildman–Crippen LogP) is 1.08. The zero-order valence-corrected chi connectivity index (χ0v) is 10.5. The number of para-hydroxylation sites is 1. The molecular formula is C13H19NO4. The van der Waals surface area contributed by atoms with Crippen LogP contribution in [0.25, 0.3) is 0 Å². The fourth-order valence-corrected chi connectivity index (χ4v) is 1.53. The number of hydrogen-bond acceptors (Lipinski definition) is 4. The van der Waals surface area contributed by atoms with Gasteiger partial charge < -0.3 is 19.8 Å². The molecule has 0 unspecified atom stereocenters. The van der Waals surface area contributed by atoms with Crippen LogP contribution in [0.5, 0.6) is 5.75 Å². The second-order valence-electron chi connectivity index (χ2n) is 4.03. The van der Waals surface area contributed by atoms with Crippen molar-refractivity contribution < 1.29 is 19.7 Å². The molecule has 0 aliphatic heterocycles. The lowest BCUT2D eigenvalue weighted by molar-refractivity contribution is 0.0691. The number of rotatable bonds is 8. The minimum Gasteiger partial charge on any atom is -0.491 e. The van der Waals surface area contributed by atoms with Gasteiger partial charge in [0, 0.05) is 19.7 Å². The van der Waals surface area contributed by atoms with Gasteiger partial charge >= 0.3 is 5.97 Å². The molecule has 0 saturated heterocycles. The standard InChI is InChI=1S/C13H19NO4/c1-14(7-4-9-15)8-10-18-12-6-3-2-5-11(12)13(16)17/h2-3,5-6,15H,4,7-10H2,1H3,(H,16,17). The topological polar surface area (TPSA) is 70.0 Å². The number of carboxylic acids is 1. The van der Waals surface area contributed by atoms with Gasteiger partial charge in [0.25, 0.3) is 0 Å². The summed E-state index contributed by atoms with van der Waals surface area (Å²) in [6, 6.07) is 6.59. The van der Waals surface area contributed by atoms with E-state index in [9.17, 15) is 4.79 Å². The van der Waals surface area contributed by atoms with Crippen molar-refractivity contribution in [3.8, 4) is 5.75 Å². The predicted molar refractivity (Wildman–Crippen MR) is 68.1 cm³/mol. The number of carbonyl (C=O) groups is 1. The molecule has 0 bridgehead atoms. The van der Waals surface area contributed by atoms with E-state index in [0.717, 1.165) is 13.0 Å². The van der Waals surface area contributed by atoms with E-state index < -0.39 is 5.97 Å². The van der Waals surface area contributed by atoms with Crippen LogP contribution in [-0.2, 0) is 0 Å². The molecule has 0 saturated carbocycles. The highest BCUT2D eigenvalue weighted by molar-refractivity contribution is 5.90. The number of likely N-dealkylation sites (N-methyl/N-ethyl adjacent to an activating group) is 1. The SMILES string of the molecule is CN(CCCO)CCOc1ccccc1C(=O)O. The zero-order valence-electron chi connectivity index (χ0n) is 10.5. The fourth-order valence-electron chi connectivity index (χ4n) is 1.53. The second kappa shape index (κ2) is 7.68. The molecule has 0 heterocycles. The number of benzene rings is 1. The molecule has 0 aliphatic rings. The second-order valence-corrected chi connectivity index (χ2v) is 4.03. The average Bonchev–Trinajstić information content (AvgIpc) is 2.36. The molecule has 1 aromatic rings. The number of aliphatic hydroxyl groups excluding tert-OH is 1. The van der Waals surface area contributed by atoms with Crippen LogP contribution in [0.3, 0.4) is 0 Å². The van der Waals surface area contributed by atoms with Gasteiger partial charge in [0.05, 0.1) is 0 Å². The van der Waals surface area contributed by atoms with E-state index in [-0.39, 0.29) is 12.2 Å². The summed E-state index contributed by atoms with van der Waals surface area (Å²) in [4.78, 5) is 13.0. The molecule has 100 valence electrons. The Morgan fingerprint density at radius 1 is 1.33 bits per heavy atom. The fraction of sp³-hybridized carbons (Fsp3) is 0.462. The first-order chi connectivity index (χ1) is 8.65. The number of aromatic carboxylic acids is 1. The summed E-state index contributed by atoms with van der Waals surface area (Å²) < 4.78 is 5.46. The van der Waals surface area contributed by atoms with Crippen LogP contribution >= 0.6 is 0 Å². The molecule has 0 atom stereocenters. The van der Waals surface area contributed by atoms with E-state index in [1.54, 1.807) is 18.2 Å². The maximum Gasteiger partial charge on any atom is 0.339 e. The highest BCUT2D eigenvalue weighted by Gasteiger charge is 2.09. The maximum atomic E-state index is 10.9. The summed E-state index contributed by atoms with van der Waals surface area (Å²) in [5.74, 6) is -0.597. The third-order valence-corrected chi connectivity index (χ3v) is 2.55. The molecule has 2 N–H and O–H groups in total. The van der Waals surface area contributed by atoms with Crippen LogP contribution in [0, 0.1) is 0 Å². The molecule has 1 rings (SSSR count). The Kier molecular flexibility index (Phi) is 6.18. The van der Waals surface area contributed by atoms with Crippen molar-refractivity contribution in [3.05, 3.63) is 29.8 Å². The van der Waals surface area contributed by atoms with Gasteiger partial charge in [-0.3, -0.25) is 0 Å². The first kappa shape index (κ1) is 14.5. The van der Waals surface area contributed by atoms with Crippen LogP contribution < -0.4 is 4.74 Å². The number of carboxylic acid groups (broad SMARTS) is 1. The van der Waals surface area contributed by atoms with Crippen LogP contribution in [0.15, 0.2) is 24.3 Å². The first-order valence-corrected chi connectivity index (χ1v) is 5.89. The number of ether oxygens (including phenoxy) is 1. The third-order valence-electron chi connectivity index (χ3n) is 2.55. The van der Waals surface area contributed by atoms with Crippen molar-refractivity contribution in [2.45, 2.75) is 6.42 Å². The van der Waals surface area contributed by atoms with E-state index in [4.69, 9.17) is 14.9 Å². The van der Waals surface area contributed by atoms with Gasteiger partial charge in [0.15, 0.2) is 0 Å². The molecule has 0 amide bonds. The van der Waals surface area contributed by atoms with Crippen LogP contribution in [0.2, 0.25) is 0 Å². The molecule has 0 aromatic heterocycles. The Labute approximate surface area is 107 Å². The molecule has 0 spiro atoms. The number of hydrogen-bond donors (Lipinski definition) is 2. The average molecular weight is 253 g/mol. The lowest BCUT2D eigenvalue weighted by Crippen LogP contribution is -2.26. The van der Waals surface area contributed by atoms with Crippen molar-refractivity contribution >= 4 is 5.97 Å². The quantitative estimate of drug-likeness (QED) is 0.725. The molecule has 0 aliphatic carbocycles. The Bertz CT molecular complexity index is 381. The van der Waals surface area contributed by atoms with Crippen molar-refractivity contribution in [2.24, 2.45) is 0 Å². The molecular weight excluding hydrogens is 234 g/mol. The van der Waals surface area contributed by atoms with Crippen LogP contribution in [0.4, 0.5) is 0 Å². The summed E-state index contributed by atoms with van der Waals surface area (Å²) >= 11 is 0. The van der Waals surface area contributed by atoms with Gasteiger partial charge in [-0.25, -0.2) is 4.79 Å². The molecule has 18 heavy (non-hydrogen) atoms. The normalized spacial score (nSPS) is 10.6. The van der Waals surface area contributed by atoms with E-state index in [1.165, 1.54) is 6.07 Å². The first-order valence-electron chi connectivity index (χ1n) is 5.89. The number of aliphatic hydroxyl groups is 1. The van der Waals surface area contributed by atoms with Crippen molar-refractivity contribution in [2.75, 3.05) is 33.4 Å². The highest BCUT2D eigenvalue weighted by atomic mass is 16.5. The van der Waals surface area contributed by atoms with Gasteiger partial charge in [-0.05, 0) is 25.6 Å². The molecule has 5 heteroatoms. The lowest BCUT2D eigenvalue weighted by atomic mass is 10.2. The third kappa shape index (κ3) is 4.73. The summed E-state index contributed by atoms with van der Waals surface area (Å²) in [6.45, 7) is 2.08. The minimum atomic E-state index is -0.987. The van der Waals surface area contributed by atoms with Gasteiger partial charge in [-0.2, -0.15) is 0 Å². The Morgan fingerprint density at radius 2 is 2.06 bits per heavy atom. The number of nitrogens with zero attached hydrogens (tertiary/aromatic N) is 1. The van der Waals surface area contributed by atoms with Crippen molar-refractivity contribution in [1.29, 1.82) is 0 Å². The Morgan fingerprint density at radius 3 is 2.72 bits per heavy atom. The summed E-state index contributed by atoms with van der Waals surface area (Å²) in [5.41, 5.74) is 0.176. The van der Waals surface area contributed by atoms with E-state index in [0.29, 0.717) is 18.9 Å². The van der Waals surface area contributed by atoms with Gasteiger partial charge in [0.1, 0.15) is 17.9 Å². The monoisotopic (exact) mass is 253 g/mol. The van der Waals surface area contributed by atoms with Crippen molar-refractivity contribution in [1.82, 2.24) is 4.90 Å². The Hall–Kier alpha value is -1.59. The van der Waals surface area contributed by atoms with Gasteiger partial charge in [-0.1, -0.05) is 12.1 Å². The highest BCUT2D eigenvalue weighted by Crippen LogP contribution is 2.17. The van der Waals surface area contributed by atoms with Crippen LogP contribution in [0.1, 0.15) is 16.8 Å². The van der Waals surface area contributed by atoms with Crippen LogP contribution in [-0.4, -0.2) is 54.4 Å². The summed E-state index contributed by atoms with van der Waals surface area (Å²) in [7, 11) is 1.93. The molecule has 0 fully saturated rings. The lowest BCUT2D eigenvalue weighted by Gasteiger charge is -2.16. The molecule has 1 aromatic carbocycles. The van der Waals surface area contributed by atoms with E-state index in [1.807, 2.05) is 11.9 Å². The smallest absolute Gasteiger partial charge is 0.339 e. The maximum absolute atomic E-state index is 10.9. The van der Waals surface area contributed by atoms with Gasteiger partial charge in [0.2, 0.25) is 0 Å². The van der Waals surface area contributed by atoms with Crippen molar-refractivity contribution in [3.63, 3.8) is 0 Å². The van der Waals surface area contributed by atoms with E-state index in [2.05, 4.69) is 0 Å². The zero-order chi connectivity index (χ0) is 13.4. The summed E-state index contributed by atoms with van der Waals surface area (Å²) in [5, 5.41) is 17.7. The molecule has 5 nitrogen and oxygen atoms in total. The van der Waals surface area contributed by atoms with Gasteiger partial charge in [-0.15, -0.1) is 0 Å². The van der Waals surface area contributed by atoms with E-state index >= 15 is 0 Å².